The Morgan fingerprint density at radius 3 is 1.32 bits per heavy atom. The molecule has 0 aromatic heterocycles. The van der Waals surface area contributed by atoms with Crippen LogP contribution in [0.15, 0.2) is 24.3 Å². The van der Waals surface area contributed by atoms with Gasteiger partial charge in [-0.25, -0.2) is 0 Å². The minimum absolute atomic E-state index is 0. The molecule has 0 saturated carbocycles. The summed E-state index contributed by atoms with van der Waals surface area (Å²) in [5, 5.41) is 0. The Hall–Kier alpha value is -0.470. The second kappa shape index (κ2) is 39.7. The van der Waals surface area contributed by atoms with E-state index in [0.717, 1.165) is 77.7 Å². The van der Waals surface area contributed by atoms with Crippen LogP contribution < -0.4 is 34.5 Å². The third kappa shape index (κ3) is 38.8. The fourth-order valence-electron chi connectivity index (χ4n) is 5.53. The number of rotatable bonds is 37. The number of phosphoric acid groups is 1. The van der Waals surface area contributed by atoms with Gasteiger partial charge < -0.3 is 23.4 Å². The summed E-state index contributed by atoms with van der Waals surface area (Å²) in [7, 11) is -3.51. The van der Waals surface area contributed by atoms with E-state index in [4.69, 9.17) is 14.0 Å². The Morgan fingerprint density at radius 1 is 0.560 bits per heavy atom. The van der Waals surface area contributed by atoms with Crippen LogP contribution in [0.4, 0.5) is 0 Å². The molecule has 0 rings (SSSR count). The topological polar surface area (TPSA) is 111 Å². The van der Waals surface area contributed by atoms with Crippen LogP contribution in [0.5, 0.6) is 0 Å². The van der Waals surface area contributed by atoms with Gasteiger partial charge in [-0.15, -0.1) is 0 Å². The van der Waals surface area contributed by atoms with Crippen molar-refractivity contribution in [3.8, 4) is 0 Å². The summed E-state index contributed by atoms with van der Waals surface area (Å²) < 4.78 is 31.5. The summed E-state index contributed by atoms with van der Waals surface area (Å²) in [6.07, 6.45) is 39.2. The smallest absolute Gasteiger partial charge is 0.756 e. The van der Waals surface area contributed by atoms with Crippen LogP contribution >= 0.6 is 7.82 Å². The number of unbranched alkanes of at least 4 members (excludes halogenated alkanes) is 22. The number of carbonyl (C=O) groups is 2. The van der Waals surface area contributed by atoms with Crippen molar-refractivity contribution in [3.63, 3.8) is 0 Å². The van der Waals surface area contributed by atoms with Gasteiger partial charge in [0.1, 0.15) is 6.61 Å². The fourth-order valence-corrected chi connectivity index (χ4v) is 5.98. The predicted molar refractivity (Wildman–Crippen MR) is 200 cm³/mol. The third-order valence-corrected chi connectivity index (χ3v) is 9.57. The normalized spacial score (nSPS) is 13.4. The SMILES string of the molecule is CCCCCCCC/C=C/CCCCCCCC(=O)OC[C@H](COP(=O)([O-])OC)OC(=O)CCCCCCC/C=C/CCCCCCCC.[Na+]. The fraction of sp³-hybridized carbons (Fsp3) is 0.850. The van der Waals surface area contributed by atoms with Crippen molar-refractivity contribution in [1.82, 2.24) is 0 Å². The average molecular weight is 737 g/mol. The van der Waals surface area contributed by atoms with Crippen molar-refractivity contribution in [2.75, 3.05) is 20.3 Å². The van der Waals surface area contributed by atoms with Crippen LogP contribution in [-0.4, -0.2) is 38.4 Å². The second-order valence-corrected chi connectivity index (χ2v) is 14.9. The van der Waals surface area contributed by atoms with Gasteiger partial charge in [0.25, 0.3) is 7.82 Å². The van der Waals surface area contributed by atoms with E-state index < -0.39 is 32.5 Å². The number of carbonyl (C=O) groups excluding carboxylic acids is 2. The molecule has 0 aromatic rings. The van der Waals surface area contributed by atoms with Gasteiger partial charge in [0.15, 0.2) is 6.10 Å². The minimum atomic E-state index is -4.51. The molecule has 0 saturated heterocycles. The average Bonchev–Trinajstić information content (AvgIpc) is 3.09. The van der Waals surface area contributed by atoms with Gasteiger partial charge in [-0.2, -0.15) is 0 Å². The molecule has 288 valence electrons. The standard InChI is InChI=1S/C40H75O8P.Na/c1-4-6-8-10-12-14-16-18-20-22-24-26-28-30-32-34-39(41)46-36-38(37-47-49(43,44)45-3)48-40(42)35-33-31-29-27-25-23-21-19-17-15-13-11-9-7-5-2;/h18-21,38H,4-17,22-37H2,1-3H3,(H,43,44);/q;+1/p-1/b20-18+,21-19+;/t38-;/m1./s1. The van der Waals surface area contributed by atoms with Crippen molar-refractivity contribution < 1.29 is 67.1 Å². The molecule has 8 nitrogen and oxygen atoms in total. The van der Waals surface area contributed by atoms with Gasteiger partial charge in [-0.3, -0.25) is 14.2 Å². The second-order valence-electron chi connectivity index (χ2n) is 13.4. The van der Waals surface area contributed by atoms with Gasteiger partial charge >= 0.3 is 41.5 Å². The molecule has 0 radical (unpaired) electrons. The molecule has 10 heteroatoms. The maximum atomic E-state index is 12.4. The summed E-state index contributed by atoms with van der Waals surface area (Å²) in [5.74, 6) is -0.856. The molecule has 0 amide bonds. The first-order valence-electron chi connectivity index (χ1n) is 20.0. The Bertz CT molecular complexity index is 866. The Labute approximate surface area is 329 Å². The van der Waals surface area contributed by atoms with Crippen molar-refractivity contribution in [3.05, 3.63) is 24.3 Å². The summed E-state index contributed by atoms with van der Waals surface area (Å²) in [4.78, 5) is 36.4. The summed E-state index contributed by atoms with van der Waals surface area (Å²) in [5.41, 5.74) is 0. The first-order chi connectivity index (χ1) is 23.8. The van der Waals surface area contributed by atoms with Crippen molar-refractivity contribution in [2.45, 2.75) is 200 Å². The maximum absolute atomic E-state index is 12.4. The largest absolute Gasteiger partial charge is 1.00 e. The zero-order valence-electron chi connectivity index (χ0n) is 32.8. The molecule has 0 aromatic carbocycles. The van der Waals surface area contributed by atoms with Crippen molar-refractivity contribution >= 4 is 19.8 Å². The zero-order chi connectivity index (χ0) is 36.1. The Balaban J connectivity index is 0. The summed E-state index contributed by atoms with van der Waals surface area (Å²) in [6, 6.07) is 0. The first kappa shape index (κ1) is 51.6. The third-order valence-electron chi connectivity index (χ3n) is 8.66. The molecule has 0 spiro atoms. The molecule has 0 fully saturated rings. The molecule has 0 aliphatic rings. The molecule has 0 aliphatic heterocycles. The minimum Gasteiger partial charge on any atom is -0.756 e. The van der Waals surface area contributed by atoms with Gasteiger partial charge in [0.2, 0.25) is 0 Å². The number of ether oxygens (including phenoxy) is 2. The molecule has 0 aliphatic carbocycles. The van der Waals surface area contributed by atoms with E-state index in [1.165, 1.54) is 89.9 Å². The van der Waals surface area contributed by atoms with E-state index in [0.29, 0.717) is 6.42 Å². The van der Waals surface area contributed by atoms with Gasteiger partial charge in [0.05, 0.1) is 6.61 Å². The van der Waals surface area contributed by atoms with E-state index in [1.54, 1.807) is 0 Å². The monoisotopic (exact) mass is 737 g/mol. The molecule has 50 heavy (non-hydrogen) atoms. The van der Waals surface area contributed by atoms with E-state index in [2.05, 4.69) is 42.7 Å². The van der Waals surface area contributed by atoms with Crippen LogP contribution in [0, 0.1) is 0 Å². The van der Waals surface area contributed by atoms with Crippen molar-refractivity contribution in [1.29, 1.82) is 0 Å². The van der Waals surface area contributed by atoms with E-state index in [9.17, 15) is 19.0 Å². The van der Waals surface area contributed by atoms with Crippen LogP contribution in [0.3, 0.4) is 0 Å². The van der Waals surface area contributed by atoms with Gasteiger partial charge in [-0.1, -0.05) is 141 Å². The summed E-state index contributed by atoms with van der Waals surface area (Å²) in [6.45, 7) is 3.77. The number of esters is 2. The molecule has 2 atom stereocenters. The number of hydrogen-bond acceptors (Lipinski definition) is 8. The Kier molecular flexibility index (Phi) is 41.0. The van der Waals surface area contributed by atoms with E-state index in [1.807, 2.05) is 0 Å². The molecule has 0 heterocycles. The molecule has 0 bridgehead atoms. The molecule has 0 N–H and O–H groups in total. The number of hydrogen-bond donors (Lipinski definition) is 0. The predicted octanol–water partition coefficient (Wildman–Crippen LogP) is 8.65. The molecule has 1 unspecified atom stereocenters. The van der Waals surface area contributed by atoms with Gasteiger partial charge in [-0.05, 0) is 64.2 Å². The Morgan fingerprint density at radius 2 is 0.920 bits per heavy atom. The zero-order valence-corrected chi connectivity index (χ0v) is 35.7. The van der Waals surface area contributed by atoms with E-state index in [-0.39, 0.29) is 49.0 Å². The van der Waals surface area contributed by atoms with Crippen LogP contribution in [0.2, 0.25) is 0 Å². The summed E-state index contributed by atoms with van der Waals surface area (Å²) >= 11 is 0. The van der Waals surface area contributed by atoms with Gasteiger partial charge in [0, 0.05) is 20.0 Å². The van der Waals surface area contributed by atoms with Crippen LogP contribution in [0.25, 0.3) is 0 Å². The van der Waals surface area contributed by atoms with Crippen molar-refractivity contribution in [2.24, 2.45) is 0 Å². The maximum Gasteiger partial charge on any atom is 1.00 e. The van der Waals surface area contributed by atoms with Crippen LogP contribution in [0.1, 0.15) is 194 Å². The quantitative estimate of drug-likeness (QED) is 0.0205. The number of phosphoric ester groups is 1. The van der Waals surface area contributed by atoms with E-state index >= 15 is 0 Å². The number of allylic oxidation sites excluding steroid dienone is 4. The van der Waals surface area contributed by atoms with Crippen LogP contribution in [-0.2, 0) is 32.7 Å². The molecular formula is C40H74NaO8P. The first-order valence-corrected chi connectivity index (χ1v) is 21.5. The molecular weight excluding hydrogens is 662 g/mol.